The van der Waals surface area contributed by atoms with Crippen LogP contribution >= 0.6 is 0 Å². The summed E-state index contributed by atoms with van der Waals surface area (Å²) in [6.07, 6.45) is 18.1. The quantitative estimate of drug-likeness (QED) is 0.172. The monoisotopic (exact) mass is 474 g/mol. The number of methoxy groups -OCH3 is 1. The zero-order valence-electron chi connectivity index (χ0n) is 23.2. The maximum absolute atomic E-state index is 6.11. The molecule has 4 aliphatic carbocycles. The Balaban J connectivity index is 1.37. The van der Waals surface area contributed by atoms with Crippen molar-refractivity contribution < 1.29 is 14.2 Å². The van der Waals surface area contributed by atoms with Gasteiger partial charge in [-0.05, 0) is 97.7 Å². The topological polar surface area (TPSA) is 27.7 Å². The zero-order chi connectivity index (χ0) is 24.3. The van der Waals surface area contributed by atoms with Crippen molar-refractivity contribution in [2.75, 3.05) is 27.1 Å². The molecular weight excluding hydrogens is 420 g/mol. The number of hydrogen-bond acceptors (Lipinski definition) is 3. The Kier molecular flexibility index (Phi) is 8.90. The van der Waals surface area contributed by atoms with Gasteiger partial charge in [-0.15, -0.1) is 0 Å². The second-order valence-electron chi connectivity index (χ2n) is 13.3. The molecule has 0 spiro atoms. The van der Waals surface area contributed by atoms with E-state index in [0.717, 1.165) is 41.9 Å². The van der Waals surface area contributed by atoms with Gasteiger partial charge in [0, 0.05) is 7.11 Å². The van der Waals surface area contributed by atoms with Crippen LogP contribution in [0, 0.1) is 46.3 Å². The van der Waals surface area contributed by atoms with Crippen LogP contribution in [0.15, 0.2) is 11.6 Å². The Morgan fingerprint density at radius 3 is 2.56 bits per heavy atom. The lowest BCUT2D eigenvalue weighted by Gasteiger charge is -2.58. The smallest absolute Gasteiger partial charge is 0.147 e. The molecule has 0 amide bonds. The van der Waals surface area contributed by atoms with E-state index >= 15 is 0 Å². The predicted octanol–water partition coefficient (Wildman–Crippen LogP) is 8.03. The summed E-state index contributed by atoms with van der Waals surface area (Å²) in [6.45, 7) is 14.3. The largest absolute Gasteiger partial charge is 0.382 e. The van der Waals surface area contributed by atoms with Crippen LogP contribution in [-0.4, -0.2) is 33.2 Å². The van der Waals surface area contributed by atoms with Gasteiger partial charge in [0.15, 0.2) is 0 Å². The maximum atomic E-state index is 6.11. The minimum absolute atomic E-state index is 0.329. The van der Waals surface area contributed by atoms with Crippen LogP contribution in [0.4, 0.5) is 0 Å². The highest BCUT2D eigenvalue weighted by atomic mass is 16.7. The molecule has 8 atom stereocenters. The number of rotatable bonds is 11. The normalized spacial score (nSPS) is 40.4. The first kappa shape index (κ1) is 26.7. The van der Waals surface area contributed by atoms with E-state index in [1.54, 1.807) is 12.7 Å². The third-order valence-corrected chi connectivity index (χ3v) is 11.1. The zero-order valence-corrected chi connectivity index (χ0v) is 23.2. The van der Waals surface area contributed by atoms with Crippen molar-refractivity contribution >= 4 is 0 Å². The van der Waals surface area contributed by atoms with Crippen molar-refractivity contribution in [2.24, 2.45) is 46.3 Å². The molecule has 196 valence electrons. The van der Waals surface area contributed by atoms with E-state index in [2.05, 4.69) is 40.7 Å². The van der Waals surface area contributed by atoms with E-state index in [4.69, 9.17) is 14.2 Å². The molecular formula is C31H54O3. The molecule has 3 fully saturated rings. The van der Waals surface area contributed by atoms with E-state index in [0.29, 0.717) is 36.9 Å². The minimum Gasteiger partial charge on any atom is -0.382 e. The number of fused-ring (bicyclic) bond motifs is 5. The van der Waals surface area contributed by atoms with Crippen molar-refractivity contribution in [3.63, 3.8) is 0 Å². The van der Waals surface area contributed by atoms with Gasteiger partial charge in [0.05, 0.1) is 19.3 Å². The van der Waals surface area contributed by atoms with Crippen LogP contribution in [0.25, 0.3) is 0 Å². The van der Waals surface area contributed by atoms with E-state index in [1.165, 1.54) is 64.2 Å². The van der Waals surface area contributed by atoms with Gasteiger partial charge in [-0.25, -0.2) is 0 Å². The average molecular weight is 475 g/mol. The molecule has 0 N–H and O–H groups in total. The molecule has 0 aromatic heterocycles. The fraction of sp³-hybridized carbons (Fsp3) is 0.935. The first-order valence-corrected chi connectivity index (χ1v) is 14.7. The van der Waals surface area contributed by atoms with Gasteiger partial charge in [-0.2, -0.15) is 0 Å². The van der Waals surface area contributed by atoms with Crippen molar-refractivity contribution in [3.05, 3.63) is 11.6 Å². The molecule has 4 unspecified atom stereocenters. The van der Waals surface area contributed by atoms with Crippen molar-refractivity contribution in [2.45, 2.75) is 111 Å². The van der Waals surface area contributed by atoms with Crippen LogP contribution < -0.4 is 0 Å². The van der Waals surface area contributed by atoms with Gasteiger partial charge < -0.3 is 14.2 Å². The third kappa shape index (κ3) is 5.32. The lowest BCUT2D eigenvalue weighted by Crippen LogP contribution is -2.51. The number of allylic oxidation sites excluding steroid dienone is 1. The third-order valence-electron chi connectivity index (χ3n) is 11.1. The fourth-order valence-corrected chi connectivity index (χ4v) is 9.14. The van der Waals surface area contributed by atoms with Gasteiger partial charge in [0.1, 0.15) is 6.79 Å². The van der Waals surface area contributed by atoms with Crippen molar-refractivity contribution in [3.8, 4) is 0 Å². The summed E-state index contributed by atoms with van der Waals surface area (Å²) >= 11 is 0. The predicted molar refractivity (Wildman–Crippen MR) is 141 cm³/mol. The summed E-state index contributed by atoms with van der Waals surface area (Å²) in [7, 11) is 1.71. The van der Waals surface area contributed by atoms with E-state index in [1.807, 2.05) is 0 Å². The molecule has 0 aromatic rings. The van der Waals surface area contributed by atoms with E-state index in [-0.39, 0.29) is 0 Å². The Hall–Kier alpha value is -0.380. The molecule has 0 saturated heterocycles. The Bertz CT molecular complexity index is 686. The molecule has 0 heterocycles. The summed E-state index contributed by atoms with van der Waals surface area (Å²) in [5, 5.41) is 0. The van der Waals surface area contributed by atoms with Gasteiger partial charge in [0.25, 0.3) is 0 Å². The Morgan fingerprint density at radius 1 is 0.971 bits per heavy atom. The van der Waals surface area contributed by atoms with E-state index in [9.17, 15) is 0 Å². The molecule has 3 nitrogen and oxygen atoms in total. The highest BCUT2D eigenvalue weighted by Gasteiger charge is 2.59. The number of ether oxygens (including phenoxy) is 3. The molecule has 0 aromatic carbocycles. The van der Waals surface area contributed by atoms with E-state index < -0.39 is 0 Å². The standard InChI is InChI=1S/C31H54O3/c1-22(2)8-7-9-23(3)27-12-13-28-26-11-10-24-20-25(34-21-33-19-18-32-6)14-16-30(24,4)29(26)15-17-31(27,28)5/h10,22-23,25-29H,7-9,11-21H2,1-6H3/t23?,25-,26?,27+,28?,29?,30-,31+/m0/s1. The first-order chi connectivity index (χ1) is 16.3. The molecule has 0 radical (unpaired) electrons. The second-order valence-corrected chi connectivity index (χ2v) is 13.3. The Morgan fingerprint density at radius 2 is 1.79 bits per heavy atom. The second kappa shape index (κ2) is 11.3. The van der Waals surface area contributed by atoms with Gasteiger partial charge in [0.2, 0.25) is 0 Å². The van der Waals surface area contributed by atoms with Crippen LogP contribution in [0.3, 0.4) is 0 Å². The van der Waals surface area contributed by atoms with Crippen molar-refractivity contribution in [1.82, 2.24) is 0 Å². The SMILES string of the molecule is COCCOCO[C@H]1CC[C@@]2(C)C(=CCC3C2CC[C@@]2(C)C3CC[C@@H]2C(C)CCCC(C)C)C1. The van der Waals surface area contributed by atoms with Crippen LogP contribution in [0.1, 0.15) is 105 Å². The molecule has 3 heteroatoms. The average Bonchev–Trinajstić information content (AvgIpc) is 3.16. The first-order valence-electron chi connectivity index (χ1n) is 14.7. The van der Waals surface area contributed by atoms with Crippen LogP contribution in [-0.2, 0) is 14.2 Å². The maximum Gasteiger partial charge on any atom is 0.147 e. The fourth-order valence-electron chi connectivity index (χ4n) is 9.14. The number of hydrogen-bond donors (Lipinski definition) is 0. The van der Waals surface area contributed by atoms with Gasteiger partial charge in [-0.3, -0.25) is 0 Å². The van der Waals surface area contributed by atoms with Crippen molar-refractivity contribution in [1.29, 1.82) is 0 Å². The summed E-state index contributed by atoms with van der Waals surface area (Å²) < 4.78 is 16.8. The molecule has 3 saturated carbocycles. The van der Waals surface area contributed by atoms with Crippen LogP contribution in [0.5, 0.6) is 0 Å². The highest BCUT2D eigenvalue weighted by Crippen LogP contribution is 2.67. The lowest BCUT2D eigenvalue weighted by molar-refractivity contribution is -0.115. The molecule has 4 rings (SSSR count). The summed E-state index contributed by atoms with van der Waals surface area (Å²) in [4.78, 5) is 0. The van der Waals surface area contributed by atoms with Gasteiger partial charge >= 0.3 is 0 Å². The Labute approximate surface area is 210 Å². The van der Waals surface area contributed by atoms with Gasteiger partial charge in [-0.1, -0.05) is 65.5 Å². The highest BCUT2D eigenvalue weighted by molar-refractivity contribution is 5.25. The summed E-state index contributed by atoms with van der Waals surface area (Å²) in [5.74, 6) is 5.44. The minimum atomic E-state index is 0.329. The molecule has 0 aliphatic heterocycles. The lowest BCUT2D eigenvalue weighted by atomic mass is 9.47. The molecule has 4 aliphatic rings. The summed E-state index contributed by atoms with van der Waals surface area (Å²) in [6, 6.07) is 0. The molecule has 34 heavy (non-hydrogen) atoms. The molecule has 0 bridgehead atoms. The van der Waals surface area contributed by atoms with Crippen LogP contribution in [0.2, 0.25) is 0 Å². The summed E-state index contributed by atoms with van der Waals surface area (Å²) in [5.41, 5.74) is 2.70.